The molecule has 0 heterocycles. The van der Waals surface area contributed by atoms with Gasteiger partial charge in [0.25, 0.3) is 0 Å². The quantitative estimate of drug-likeness (QED) is 0.790. The van der Waals surface area contributed by atoms with Crippen molar-refractivity contribution in [2.45, 2.75) is 19.3 Å². The molecule has 0 aromatic heterocycles. The molecule has 1 aromatic carbocycles. The molecule has 4 N–H and O–H groups in total. The second-order valence-corrected chi connectivity index (χ2v) is 5.70. The lowest BCUT2D eigenvalue weighted by Crippen LogP contribution is -2.47. The van der Waals surface area contributed by atoms with Gasteiger partial charge in [-0.05, 0) is 31.0 Å². The first kappa shape index (κ1) is 14.0. The van der Waals surface area contributed by atoms with Gasteiger partial charge in [-0.2, -0.15) is 0 Å². The molecule has 0 aliphatic heterocycles. The van der Waals surface area contributed by atoms with E-state index in [1.54, 1.807) is 12.1 Å². The molecule has 0 atom stereocenters. The van der Waals surface area contributed by atoms with Crippen LogP contribution in [0.1, 0.15) is 29.6 Å². The summed E-state index contributed by atoms with van der Waals surface area (Å²) >= 11 is 3.27. The molecule has 19 heavy (non-hydrogen) atoms. The molecule has 2 rings (SSSR count). The fourth-order valence-corrected chi connectivity index (χ4v) is 2.55. The van der Waals surface area contributed by atoms with Crippen LogP contribution in [-0.2, 0) is 4.79 Å². The van der Waals surface area contributed by atoms with E-state index < -0.39 is 11.4 Å². The highest BCUT2D eigenvalue weighted by molar-refractivity contribution is 9.10. The number of carbonyl (C=O) groups is 2. The molecule has 0 radical (unpaired) electrons. The Morgan fingerprint density at radius 1 is 1.42 bits per heavy atom. The summed E-state index contributed by atoms with van der Waals surface area (Å²) in [5.74, 6) is -1.26. The summed E-state index contributed by atoms with van der Waals surface area (Å²) in [6.45, 7) is 0.287. The van der Waals surface area contributed by atoms with Gasteiger partial charge in [-0.1, -0.05) is 22.4 Å². The lowest BCUT2D eigenvalue weighted by molar-refractivity contribution is -0.129. The first-order valence-electron chi connectivity index (χ1n) is 6.03. The van der Waals surface area contributed by atoms with E-state index in [-0.39, 0.29) is 18.0 Å². The molecule has 5 nitrogen and oxygen atoms in total. The second kappa shape index (κ2) is 5.30. The molecule has 0 unspecified atom stereocenters. The van der Waals surface area contributed by atoms with Crippen LogP contribution in [0.25, 0.3) is 0 Å². The van der Waals surface area contributed by atoms with Crippen molar-refractivity contribution in [1.29, 1.82) is 0 Å². The number of nitrogens with one attached hydrogen (secondary N) is 1. The van der Waals surface area contributed by atoms with E-state index in [0.29, 0.717) is 10.2 Å². The Kier molecular flexibility index (Phi) is 3.91. The summed E-state index contributed by atoms with van der Waals surface area (Å²) in [7, 11) is 0. The monoisotopic (exact) mass is 326 g/mol. The van der Waals surface area contributed by atoms with Crippen molar-refractivity contribution in [1.82, 2.24) is 0 Å². The summed E-state index contributed by atoms with van der Waals surface area (Å²) in [6.07, 6.45) is 2.49. The predicted octanol–water partition coefficient (Wildman–Crippen LogP) is 2.21. The number of nitrogens with two attached hydrogens (primary N) is 1. The smallest absolute Gasteiger partial charge is 0.337 e. The van der Waals surface area contributed by atoms with Gasteiger partial charge < -0.3 is 16.2 Å². The van der Waals surface area contributed by atoms with Crippen LogP contribution in [-0.4, -0.2) is 23.5 Å². The minimum atomic E-state index is -1.07. The first-order chi connectivity index (χ1) is 8.98. The highest BCUT2D eigenvalue weighted by Gasteiger charge is 2.43. The summed E-state index contributed by atoms with van der Waals surface area (Å²) < 4.78 is 0.711. The SMILES string of the molecule is NCC1(C(=O)Nc2cc(Br)ccc2C(=O)O)CCC1. The molecule has 1 fully saturated rings. The second-order valence-electron chi connectivity index (χ2n) is 4.79. The number of hydrogen-bond donors (Lipinski definition) is 3. The van der Waals surface area contributed by atoms with E-state index in [0.717, 1.165) is 19.3 Å². The van der Waals surface area contributed by atoms with E-state index in [9.17, 15) is 9.59 Å². The average molecular weight is 327 g/mol. The third kappa shape index (κ3) is 2.64. The number of hydrogen-bond acceptors (Lipinski definition) is 3. The summed E-state index contributed by atoms with van der Waals surface area (Å²) in [5.41, 5.74) is 5.51. The van der Waals surface area contributed by atoms with Gasteiger partial charge in [-0.3, -0.25) is 4.79 Å². The lowest BCUT2D eigenvalue weighted by atomic mass is 9.68. The van der Waals surface area contributed by atoms with E-state index >= 15 is 0 Å². The number of carboxylic acids is 1. The van der Waals surface area contributed by atoms with Crippen LogP contribution in [0.4, 0.5) is 5.69 Å². The van der Waals surface area contributed by atoms with Crippen LogP contribution in [0.3, 0.4) is 0 Å². The van der Waals surface area contributed by atoms with E-state index in [4.69, 9.17) is 10.8 Å². The summed E-state index contributed by atoms with van der Waals surface area (Å²) in [4.78, 5) is 23.4. The molecule has 1 aliphatic rings. The lowest BCUT2D eigenvalue weighted by Gasteiger charge is -2.39. The van der Waals surface area contributed by atoms with Crippen molar-refractivity contribution in [3.63, 3.8) is 0 Å². The van der Waals surface area contributed by atoms with Gasteiger partial charge in [0.2, 0.25) is 5.91 Å². The van der Waals surface area contributed by atoms with E-state index in [1.165, 1.54) is 6.07 Å². The molecule has 1 aliphatic carbocycles. The number of rotatable bonds is 4. The van der Waals surface area contributed by atoms with Gasteiger partial charge in [0.05, 0.1) is 16.7 Å². The van der Waals surface area contributed by atoms with Crippen molar-refractivity contribution >= 4 is 33.5 Å². The van der Waals surface area contributed by atoms with Gasteiger partial charge in [0, 0.05) is 11.0 Å². The highest BCUT2D eigenvalue weighted by atomic mass is 79.9. The standard InChI is InChI=1S/C13H15BrN2O3/c14-8-2-3-9(11(17)18)10(6-8)16-12(19)13(7-15)4-1-5-13/h2-3,6H,1,4-5,7,15H2,(H,16,19)(H,17,18). The Morgan fingerprint density at radius 2 is 2.11 bits per heavy atom. The van der Waals surface area contributed by atoms with Gasteiger partial charge >= 0.3 is 5.97 Å². The van der Waals surface area contributed by atoms with Crippen LogP contribution in [0.15, 0.2) is 22.7 Å². The van der Waals surface area contributed by atoms with E-state index in [2.05, 4.69) is 21.2 Å². The Hall–Kier alpha value is -1.40. The van der Waals surface area contributed by atoms with Gasteiger partial charge in [-0.15, -0.1) is 0 Å². The Labute approximate surface area is 119 Å². The summed E-state index contributed by atoms with van der Waals surface area (Å²) in [5, 5.41) is 11.8. The maximum Gasteiger partial charge on any atom is 0.337 e. The van der Waals surface area contributed by atoms with Crippen molar-refractivity contribution in [3.8, 4) is 0 Å². The maximum absolute atomic E-state index is 12.2. The van der Waals surface area contributed by atoms with Crippen molar-refractivity contribution < 1.29 is 14.7 Å². The number of halogens is 1. The number of anilines is 1. The number of carbonyl (C=O) groups excluding carboxylic acids is 1. The Bertz CT molecular complexity index is 521. The molecule has 1 saturated carbocycles. The minimum absolute atomic E-state index is 0.0723. The van der Waals surface area contributed by atoms with Gasteiger partial charge in [0.15, 0.2) is 0 Å². The van der Waals surface area contributed by atoms with E-state index in [1.807, 2.05) is 0 Å². The number of carboxylic acid groups (broad SMARTS) is 1. The first-order valence-corrected chi connectivity index (χ1v) is 6.82. The number of aromatic carboxylic acids is 1. The number of amides is 1. The largest absolute Gasteiger partial charge is 0.478 e. The molecule has 1 amide bonds. The predicted molar refractivity (Wildman–Crippen MR) is 75.1 cm³/mol. The zero-order chi connectivity index (χ0) is 14.0. The zero-order valence-corrected chi connectivity index (χ0v) is 11.9. The van der Waals surface area contributed by atoms with Crippen LogP contribution in [0, 0.1) is 5.41 Å². The van der Waals surface area contributed by atoms with Gasteiger partial charge in [-0.25, -0.2) is 4.79 Å². The third-order valence-corrected chi connectivity index (χ3v) is 4.14. The van der Waals surface area contributed by atoms with Crippen molar-refractivity contribution in [2.75, 3.05) is 11.9 Å². The molecular weight excluding hydrogens is 312 g/mol. The molecule has 1 aromatic rings. The normalized spacial score (nSPS) is 16.5. The van der Waals surface area contributed by atoms with Crippen LogP contribution in [0.2, 0.25) is 0 Å². The van der Waals surface area contributed by atoms with Crippen LogP contribution < -0.4 is 11.1 Å². The van der Waals surface area contributed by atoms with Crippen molar-refractivity contribution in [3.05, 3.63) is 28.2 Å². The zero-order valence-electron chi connectivity index (χ0n) is 10.3. The van der Waals surface area contributed by atoms with Crippen LogP contribution in [0.5, 0.6) is 0 Å². The number of benzene rings is 1. The van der Waals surface area contributed by atoms with Crippen LogP contribution >= 0.6 is 15.9 Å². The molecule has 102 valence electrons. The van der Waals surface area contributed by atoms with Gasteiger partial charge in [0.1, 0.15) is 0 Å². The fourth-order valence-electron chi connectivity index (χ4n) is 2.19. The molecule has 6 heteroatoms. The summed E-state index contributed by atoms with van der Waals surface area (Å²) in [6, 6.07) is 4.67. The Morgan fingerprint density at radius 3 is 2.58 bits per heavy atom. The topological polar surface area (TPSA) is 92.4 Å². The Balaban J connectivity index is 2.25. The molecule has 0 bridgehead atoms. The third-order valence-electron chi connectivity index (χ3n) is 3.64. The molecular formula is C13H15BrN2O3. The minimum Gasteiger partial charge on any atom is -0.478 e. The highest BCUT2D eigenvalue weighted by Crippen LogP contribution is 2.41. The maximum atomic E-state index is 12.2. The average Bonchev–Trinajstić information content (AvgIpc) is 2.27. The van der Waals surface area contributed by atoms with Crippen molar-refractivity contribution in [2.24, 2.45) is 11.1 Å². The molecule has 0 spiro atoms. The molecule has 0 saturated heterocycles. The fraction of sp³-hybridized carbons (Fsp3) is 0.385.